The summed E-state index contributed by atoms with van der Waals surface area (Å²) in [4.78, 5) is 15.7. The average Bonchev–Trinajstić information content (AvgIpc) is 2.45. The van der Waals surface area contributed by atoms with Crippen molar-refractivity contribution < 1.29 is 22.9 Å². The molecule has 0 unspecified atom stereocenters. The zero-order chi connectivity index (χ0) is 15.7. The molecule has 1 rings (SSSR count). The minimum atomic E-state index is -3.60. The van der Waals surface area contributed by atoms with E-state index in [9.17, 15) is 18.4 Å². The average molecular weight is 316 g/mol. The molecule has 0 bridgehead atoms. The highest BCUT2D eigenvalue weighted by Gasteiger charge is 2.13. The second kappa shape index (κ2) is 8.17. The van der Waals surface area contributed by atoms with E-state index in [0.717, 1.165) is 0 Å². The zero-order valence-electron chi connectivity index (χ0n) is 11.4. The van der Waals surface area contributed by atoms with E-state index in [1.54, 1.807) is 18.2 Å². The summed E-state index contributed by atoms with van der Waals surface area (Å²) in [5.41, 5.74) is 0. The van der Waals surface area contributed by atoms with Gasteiger partial charge in [0.2, 0.25) is 10.0 Å². The Kier molecular flexibility index (Phi) is 6.56. The molecule has 9 nitrogen and oxygen atoms in total. The largest absolute Gasteiger partial charge is 0.597 e. The standard InChI is InChI=1S/C11H16N4O5S/c1-20-14-15(17)9-11(16)12-7-8-13-21(18,19)10-5-3-2-4-6-10/h2-6,13H,7-9H2,1H3,(H,12,16)/b15-14-. The summed E-state index contributed by atoms with van der Waals surface area (Å²) in [7, 11) is -2.42. The molecule has 10 heteroatoms. The van der Waals surface area contributed by atoms with Gasteiger partial charge in [-0.3, -0.25) is 4.79 Å². The molecule has 21 heavy (non-hydrogen) atoms. The van der Waals surface area contributed by atoms with Crippen molar-refractivity contribution in [3.63, 3.8) is 0 Å². The van der Waals surface area contributed by atoms with Crippen molar-refractivity contribution in [2.75, 3.05) is 26.7 Å². The lowest BCUT2D eigenvalue weighted by molar-refractivity contribution is -0.546. The Labute approximate surface area is 122 Å². The van der Waals surface area contributed by atoms with Gasteiger partial charge in [0.05, 0.1) is 4.90 Å². The molecule has 1 amide bonds. The van der Waals surface area contributed by atoms with Crippen LogP contribution in [0.4, 0.5) is 0 Å². The van der Waals surface area contributed by atoms with Crippen LogP contribution in [0.25, 0.3) is 0 Å². The molecule has 0 aliphatic heterocycles. The van der Waals surface area contributed by atoms with Crippen LogP contribution < -0.4 is 10.0 Å². The molecule has 0 atom stereocenters. The maximum absolute atomic E-state index is 11.8. The summed E-state index contributed by atoms with van der Waals surface area (Å²) in [5, 5.41) is 16.2. The Bertz CT molecular complexity index is 588. The molecular formula is C11H16N4O5S. The van der Waals surface area contributed by atoms with Gasteiger partial charge in [-0.25, -0.2) is 13.1 Å². The Morgan fingerprint density at radius 3 is 2.62 bits per heavy atom. The molecule has 116 valence electrons. The van der Waals surface area contributed by atoms with E-state index in [1.807, 2.05) is 0 Å². The highest BCUT2D eigenvalue weighted by atomic mass is 32.2. The van der Waals surface area contributed by atoms with Gasteiger partial charge < -0.3 is 15.4 Å². The number of benzene rings is 1. The number of amides is 1. The maximum Gasteiger partial charge on any atom is 0.289 e. The number of sulfonamides is 1. The monoisotopic (exact) mass is 316 g/mol. The molecule has 0 fully saturated rings. The number of nitrogens with zero attached hydrogens (tertiary/aromatic N) is 2. The third kappa shape index (κ3) is 6.19. The lowest BCUT2D eigenvalue weighted by atomic mass is 10.4. The van der Waals surface area contributed by atoms with Crippen molar-refractivity contribution >= 4 is 15.9 Å². The SMILES string of the molecule is CO/N=[N+](\[O-])CC(=O)NCCNS(=O)(=O)c1ccccc1. The van der Waals surface area contributed by atoms with Crippen molar-refractivity contribution in [1.82, 2.24) is 10.0 Å². The van der Waals surface area contributed by atoms with Crippen LogP contribution >= 0.6 is 0 Å². The molecule has 0 aliphatic carbocycles. The Hall–Kier alpha value is -2.20. The fraction of sp³-hybridized carbons (Fsp3) is 0.364. The second-order valence-corrected chi connectivity index (χ2v) is 5.60. The number of rotatable bonds is 8. The van der Waals surface area contributed by atoms with Gasteiger partial charge >= 0.3 is 0 Å². The van der Waals surface area contributed by atoms with Crippen molar-refractivity contribution in [2.24, 2.45) is 5.28 Å². The second-order valence-electron chi connectivity index (χ2n) is 3.84. The summed E-state index contributed by atoms with van der Waals surface area (Å²) in [5.74, 6) is -0.593. The highest BCUT2D eigenvalue weighted by molar-refractivity contribution is 7.89. The number of carbonyl (C=O) groups excluding carboxylic acids is 1. The molecule has 0 heterocycles. The summed E-state index contributed by atoms with van der Waals surface area (Å²) >= 11 is 0. The van der Waals surface area contributed by atoms with E-state index in [4.69, 9.17) is 0 Å². The Morgan fingerprint density at radius 1 is 1.33 bits per heavy atom. The number of hydroxylamine groups is 1. The number of carbonyl (C=O) groups is 1. The van der Waals surface area contributed by atoms with Crippen LogP contribution in [0.3, 0.4) is 0 Å². The van der Waals surface area contributed by atoms with Gasteiger partial charge in [0.15, 0.2) is 5.28 Å². The van der Waals surface area contributed by atoms with Crippen LogP contribution in [-0.4, -0.2) is 45.9 Å². The van der Waals surface area contributed by atoms with Gasteiger partial charge in [0, 0.05) is 13.1 Å². The lowest BCUT2D eigenvalue weighted by Gasteiger charge is -2.07. The molecular weight excluding hydrogens is 300 g/mol. The van der Waals surface area contributed by atoms with Crippen molar-refractivity contribution in [1.29, 1.82) is 0 Å². The van der Waals surface area contributed by atoms with Crippen LogP contribution in [0.2, 0.25) is 0 Å². The summed E-state index contributed by atoms with van der Waals surface area (Å²) in [6.07, 6.45) is 0. The van der Waals surface area contributed by atoms with Crippen molar-refractivity contribution in [3.05, 3.63) is 35.5 Å². The number of hydrogen-bond donors (Lipinski definition) is 2. The molecule has 0 radical (unpaired) electrons. The van der Waals surface area contributed by atoms with Gasteiger partial charge in [-0.05, 0) is 17.0 Å². The fourth-order valence-corrected chi connectivity index (χ4v) is 2.42. The Balaban J connectivity index is 2.34. The van der Waals surface area contributed by atoms with Gasteiger partial charge in [0.1, 0.15) is 7.11 Å². The molecule has 0 aliphatic rings. The zero-order valence-corrected chi connectivity index (χ0v) is 12.2. The molecule has 1 aromatic carbocycles. The van der Waals surface area contributed by atoms with E-state index in [0.29, 0.717) is 0 Å². The quantitative estimate of drug-likeness (QED) is 0.292. The van der Waals surface area contributed by atoms with Crippen LogP contribution in [0.1, 0.15) is 0 Å². The smallest absolute Gasteiger partial charge is 0.289 e. The first-order valence-electron chi connectivity index (χ1n) is 5.96. The summed E-state index contributed by atoms with van der Waals surface area (Å²) in [6, 6.07) is 7.85. The lowest BCUT2D eigenvalue weighted by Crippen LogP contribution is -2.37. The molecule has 0 spiro atoms. The van der Waals surface area contributed by atoms with Gasteiger partial charge in [-0.15, -0.1) is 0 Å². The molecule has 0 saturated carbocycles. The maximum atomic E-state index is 11.8. The molecule has 2 N–H and O–H groups in total. The summed E-state index contributed by atoms with van der Waals surface area (Å²) in [6.45, 7) is -0.478. The van der Waals surface area contributed by atoms with Gasteiger partial charge in [-0.1, -0.05) is 18.2 Å². The Morgan fingerprint density at radius 2 is 2.00 bits per heavy atom. The first-order chi connectivity index (χ1) is 9.95. The van der Waals surface area contributed by atoms with E-state index in [1.165, 1.54) is 19.2 Å². The van der Waals surface area contributed by atoms with E-state index >= 15 is 0 Å². The van der Waals surface area contributed by atoms with Crippen LogP contribution in [0, 0.1) is 5.21 Å². The van der Waals surface area contributed by atoms with Gasteiger partial charge in [0.25, 0.3) is 12.5 Å². The predicted molar refractivity (Wildman–Crippen MR) is 72.6 cm³/mol. The molecule has 0 saturated heterocycles. The third-order valence-electron chi connectivity index (χ3n) is 2.24. The minimum absolute atomic E-state index is 0.00322. The molecule has 0 aromatic heterocycles. The third-order valence-corrected chi connectivity index (χ3v) is 3.72. The van der Waals surface area contributed by atoms with Crippen LogP contribution in [0.5, 0.6) is 0 Å². The van der Waals surface area contributed by atoms with Crippen LogP contribution in [-0.2, 0) is 19.7 Å². The van der Waals surface area contributed by atoms with Crippen molar-refractivity contribution in [2.45, 2.75) is 4.90 Å². The van der Waals surface area contributed by atoms with E-state index in [2.05, 4.69) is 20.2 Å². The molecule has 1 aromatic rings. The summed E-state index contributed by atoms with van der Waals surface area (Å²) < 4.78 is 26.0. The minimum Gasteiger partial charge on any atom is -0.597 e. The highest BCUT2D eigenvalue weighted by Crippen LogP contribution is 2.06. The van der Waals surface area contributed by atoms with E-state index < -0.39 is 22.5 Å². The number of nitrogens with one attached hydrogen (secondary N) is 2. The van der Waals surface area contributed by atoms with Crippen LogP contribution in [0.15, 0.2) is 40.5 Å². The topological polar surface area (TPSA) is 123 Å². The number of hydrogen-bond acceptors (Lipinski definition) is 6. The first kappa shape index (κ1) is 16.9. The van der Waals surface area contributed by atoms with E-state index in [-0.39, 0.29) is 22.8 Å². The van der Waals surface area contributed by atoms with Crippen molar-refractivity contribution in [3.8, 4) is 0 Å². The fourth-order valence-electron chi connectivity index (χ4n) is 1.37. The van der Waals surface area contributed by atoms with Gasteiger partial charge in [-0.2, -0.15) is 0 Å². The first-order valence-corrected chi connectivity index (χ1v) is 7.44. The predicted octanol–water partition coefficient (Wildman–Crippen LogP) is -0.395. The normalized spacial score (nSPS) is 12.0.